The highest BCUT2D eigenvalue weighted by Crippen LogP contribution is 2.31. The molecule has 0 atom stereocenters. The number of nitro benzene ring substituents is 1. The molecule has 0 aliphatic carbocycles. The van der Waals surface area contributed by atoms with Gasteiger partial charge in [-0.05, 0) is 36.0 Å². The van der Waals surface area contributed by atoms with Crippen LogP contribution in [0.1, 0.15) is 5.56 Å². The van der Waals surface area contributed by atoms with E-state index in [4.69, 9.17) is 0 Å². The van der Waals surface area contributed by atoms with Gasteiger partial charge in [0.25, 0.3) is 21.6 Å². The van der Waals surface area contributed by atoms with Crippen molar-refractivity contribution in [3.8, 4) is 5.75 Å². The largest absolute Gasteiger partial charge is 0.507 e. The van der Waals surface area contributed by atoms with Gasteiger partial charge in [-0.2, -0.15) is 8.42 Å². The number of non-ortho nitro benzene ring substituents is 1. The molecule has 1 fully saturated rings. The van der Waals surface area contributed by atoms with Gasteiger partial charge < -0.3 is 5.11 Å². The highest BCUT2D eigenvalue weighted by atomic mass is 32.2. The Bertz CT molecular complexity index is 1090. The molecule has 2 N–H and O–H groups in total. The zero-order valence-corrected chi connectivity index (χ0v) is 15.0. The maximum Gasteiger partial charge on any atom is 0.284 e. The van der Waals surface area contributed by atoms with E-state index in [2.05, 4.69) is 9.71 Å². The monoisotopic (exact) mass is 405 g/mol. The number of sulfonamides is 1. The first-order valence-corrected chi connectivity index (χ1v) is 9.60. The molecule has 0 spiro atoms. The van der Waals surface area contributed by atoms with Crippen LogP contribution in [0, 0.1) is 10.1 Å². The van der Waals surface area contributed by atoms with E-state index in [1.165, 1.54) is 18.2 Å². The molecular weight excluding hydrogens is 394 g/mol. The molecule has 0 unspecified atom stereocenters. The Morgan fingerprint density at radius 3 is 2.56 bits per heavy atom. The second-order valence-electron chi connectivity index (χ2n) is 5.25. The van der Waals surface area contributed by atoms with E-state index < -0.39 is 20.9 Å². The molecule has 138 valence electrons. The number of phenolic OH excluding ortho intramolecular Hbond substituents is 1. The second kappa shape index (κ2) is 7.21. The number of carbonyl (C=O) groups is 1. The second-order valence-corrected chi connectivity index (χ2v) is 7.88. The van der Waals surface area contributed by atoms with Crippen molar-refractivity contribution < 1.29 is 23.2 Å². The van der Waals surface area contributed by atoms with Crippen LogP contribution in [-0.2, 0) is 14.8 Å². The van der Waals surface area contributed by atoms with Gasteiger partial charge >= 0.3 is 0 Å². The van der Waals surface area contributed by atoms with Crippen LogP contribution in [0.2, 0.25) is 0 Å². The predicted octanol–water partition coefficient (Wildman–Crippen LogP) is 2.25. The summed E-state index contributed by atoms with van der Waals surface area (Å²) in [6.45, 7) is 0. The molecule has 0 radical (unpaired) electrons. The highest BCUT2D eigenvalue weighted by Gasteiger charge is 2.27. The number of hydrogen-bond acceptors (Lipinski definition) is 7. The third-order valence-corrected chi connectivity index (χ3v) is 5.72. The van der Waals surface area contributed by atoms with E-state index in [-0.39, 0.29) is 32.0 Å². The lowest BCUT2D eigenvalue weighted by Gasteiger charge is -2.00. The summed E-state index contributed by atoms with van der Waals surface area (Å²) in [6, 6.07) is 10.9. The van der Waals surface area contributed by atoms with Crippen molar-refractivity contribution in [2.75, 3.05) is 0 Å². The molecule has 1 aliphatic heterocycles. The Kier molecular flexibility index (Phi) is 4.97. The molecule has 2 aromatic carbocycles. The molecule has 1 saturated heterocycles. The zero-order chi connectivity index (χ0) is 19.6. The number of nitrogens with one attached hydrogen (secondary N) is 1. The lowest BCUT2D eigenvalue weighted by Crippen LogP contribution is -2.20. The summed E-state index contributed by atoms with van der Waals surface area (Å²) in [5, 5.41) is 22.8. The Labute approximate surface area is 157 Å². The molecule has 9 nitrogen and oxygen atoms in total. The molecular formula is C16H11N3O6S2. The Balaban J connectivity index is 1.91. The summed E-state index contributed by atoms with van der Waals surface area (Å²) in [7, 11) is -4.00. The number of benzene rings is 2. The molecule has 27 heavy (non-hydrogen) atoms. The minimum Gasteiger partial charge on any atom is -0.507 e. The van der Waals surface area contributed by atoms with Crippen LogP contribution in [0.4, 0.5) is 5.69 Å². The van der Waals surface area contributed by atoms with Crippen LogP contribution >= 0.6 is 11.8 Å². The summed E-state index contributed by atoms with van der Waals surface area (Å²) in [4.78, 5) is 22.3. The lowest BCUT2D eigenvalue weighted by atomic mass is 10.1. The number of amides is 1. The number of phenols is 1. The molecule has 3 rings (SSSR count). The fourth-order valence-corrected chi connectivity index (χ4v) is 4.13. The van der Waals surface area contributed by atoms with E-state index in [9.17, 15) is 28.4 Å². The lowest BCUT2D eigenvalue weighted by molar-refractivity contribution is -0.384. The van der Waals surface area contributed by atoms with Crippen LogP contribution in [0.5, 0.6) is 5.75 Å². The minimum atomic E-state index is -4.00. The van der Waals surface area contributed by atoms with Gasteiger partial charge in [-0.25, -0.2) is 0 Å². The standard InChI is InChI=1S/C16H11N3O6S2/c20-13-7-6-11(19(22)23)8-10(13)9-14-15(21)17-16(26-14)18-27(24,25)12-4-2-1-3-5-12/h1-9,20H,(H,17,18,21)/b14-9+. The third-order valence-electron chi connectivity index (χ3n) is 3.40. The van der Waals surface area contributed by atoms with Crippen molar-refractivity contribution in [2.24, 2.45) is 4.40 Å². The van der Waals surface area contributed by atoms with Crippen molar-refractivity contribution in [2.45, 2.75) is 4.90 Å². The van der Waals surface area contributed by atoms with Crippen LogP contribution in [0.25, 0.3) is 6.08 Å². The van der Waals surface area contributed by atoms with Crippen LogP contribution < -0.4 is 5.32 Å². The van der Waals surface area contributed by atoms with Crippen LogP contribution in [-0.4, -0.2) is 29.5 Å². The molecule has 11 heteroatoms. The Hall–Kier alpha value is -3.18. The van der Waals surface area contributed by atoms with Gasteiger partial charge in [-0.1, -0.05) is 18.2 Å². The van der Waals surface area contributed by atoms with Gasteiger partial charge in [-0.3, -0.25) is 20.2 Å². The fraction of sp³-hybridized carbons (Fsp3) is 0. The maximum absolute atomic E-state index is 12.2. The first-order chi connectivity index (χ1) is 12.8. The summed E-state index contributed by atoms with van der Waals surface area (Å²) in [5.41, 5.74) is -0.211. The summed E-state index contributed by atoms with van der Waals surface area (Å²) in [5.74, 6) is -0.892. The highest BCUT2D eigenvalue weighted by molar-refractivity contribution is 8.19. The van der Waals surface area contributed by atoms with Crippen LogP contribution in [0.15, 0.2) is 62.7 Å². The molecule has 1 amide bonds. The molecule has 0 aromatic heterocycles. The van der Waals surface area contributed by atoms with Crippen molar-refractivity contribution in [3.63, 3.8) is 0 Å². The zero-order valence-electron chi connectivity index (χ0n) is 13.4. The fourth-order valence-electron chi connectivity index (χ4n) is 2.14. The Morgan fingerprint density at radius 2 is 1.89 bits per heavy atom. The molecule has 2 aromatic rings. The van der Waals surface area contributed by atoms with E-state index in [0.717, 1.165) is 30.0 Å². The van der Waals surface area contributed by atoms with E-state index in [0.29, 0.717) is 0 Å². The van der Waals surface area contributed by atoms with E-state index >= 15 is 0 Å². The van der Waals surface area contributed by atoms with Gasteiger partial charge in [-0.15, -0.1) is 4.40 Å². The van der Waals surface area contributed by atoms with Gasteiger partial charge in [0.15, 0.2) is 5.17 Å². The van der Waals surface area contributed by atoms with Gasteiger partial charge in [0, 0.05) is 17.7 Å². The topological polar surface area (TPSA) is 139 Å². The molecule has 1 heterocycles. The molecule has 1 aliphatic rings. The summed E-state index contributed by atoms with van der Waals surface area (Å²) in [6.07, 6.45) is 1.22. The van der Waals surface area contributed by atoms with E-state index in [1.807, 2.05) is 0 Å². The maximum atomic E-state index is 12.2. The van der Waals surface area contributed by atoms with Gasteiger partial charge in [0.2, 0.25) is 0 Å². The number of aromatic hydroxyl groups is 1. The summed E-state index contributed by atoms with van der Waals surface area (Å²) >= 11 is 0.748. The smallest absolute Gasteiger partial charge is 0.284 e. The normalized spacial score (nSPS) is 17.3. The Morgan fingerprint density at radius 1 is 1.19 bits per heavy atom. The van der Waals surface area contributed by atoms with Crippen molar-refractivity contribution in [1.29, 1.82) is 0 Å². The number of nitrogens with zero attached hydrogens (tertiary/aromatic N) is 2. The number of rotatable bonds is 4. The third kappa shape index (κ3) is 4.15. The molecule has 0 bridgehead atoms. The number of nitro groups is 1. The van der Waals surface area contributed by atoms with E-state index in [1.54, 1.807) is 18.2 Å². The first kappa shape index (κ1) is 18.6. The number of carbonyl (C=O) groups excluding carboxylic acids is 1. The first-order valence-electron chi connectivity index (χ1n) is 7.34. The van der Waals surface area contributed by atoms with Crippen molar-refractivity contribution in [1.82, 2.24) is 5.32 Å². The predicted molar refractivity (Wildman–Crippen MR) is 99.5 cm³/mol. The average molecular weight is 405 g/mol. The van der Waals surface area contributed by atoms with Crippen LogP contribution in [0.3, 0.4) is 0 Å². The van der Waals surface area contributed by atoms with Gasteiger partial charge in [0.05, 0.1) is 14.7 Å². The SMILES string of the molecule is O=C1N/C(=N\S(=O)(=O)c2ccccc2)S/C1=C/c1cc([N+](=O)[O-])ccc1O. The number of hydrogen-bond donors (Lipinski definition) is 2. The minimum absolute atomic E-state index is 0.0268. The van der Waals surface area contributed by atoms with Crippen molar-refractivity contribution in [3.05, 3.63) is 69.1 Å². The number of amidine groups is 1. The summed E-state index contributed by atoms with van der Waals surface area (Å²) < 4.78 is 28.1. The van der Waals surface area contributed by atoms with Gasteiger partial charge in [0.1, 0.15) is 5.75 Å². The van der Waals surface area contributed by atoms with Crippen molar-refractivity contribution >= 4 is 44.6 Å². The average Bonchev–Trinajstić information content (AvgIpc) is 2.95. The quantitative estimate of drug-likeness (QED) is 0.452. The number of thioether (sulfide) groups is 1. The molecule has 0 saturated carbocycles.